The molecule has 2 bridgehead atoms. The number of alkyl halides is 1. The maximum absolute atomic E-state index is 14.7. The fraction of sp³-hybridized carbons (Fsp3) is 0.567. The highest BCUT2D eigenvalue weighted by atomic mass is 79.9. The summed E-state index contributed by atoms with van der Waals surface area (Å²) in [4.78, 5) is 45.4. The summed E-state index contributed by atoms with van der Waals surface area (Å²) < 4.78 is 13.8. The van der Waals surface area contributed by atoms with Crippen molar-refractivity contribution in [1.29, 1.82) is 0 Å². The van der Waals surface area contributed by atoms with E-state index < -0.39 is 41.6 Å². The van der Waals surface area contributed by atoms with Crippen LogP contribution in [0.1, 0.15) is 33.1 Å². The molecule has 0 aliphatic carbocycles. The van der Waals surface area contributed by atoms with Crippen LogP contribution in [0.25, 0.3) is 11.0 Å². The van der Waals surface area contributed by atoms with Gasteiger partial charge in [0.05, 0.1) is 42.7 Å². The van der Waals surface area contributed by atoms with Crippen LogP contribution in [0.5, 0.6) is 0 Å². The number of nitrogens with zero attached hydrogens (tertiary/aromatic N) is 5. The van der Waals surface area contributed by atoms with E-state index in [1.165, 1.54) is 4.90 Å². The van der Waals surface area contributed by atoms with Crippen molar-refractivity contribution < 1.29 is 29.0 Å². The molecule has 1 N–H and O–H groups in total. The molecule has 1 aromatic heterocycles. The average molecular weight is 645 g/mol. The zero-order valence-corrected chi connectivity index (χ0v) is 25.6. The van der Waals surface area contributed by atoms with Crippen LogP contribution < -0.4 is 0 Å². The standard InChI is InChI=1S/C30H38BrN5O6/c1-5-8-14-41-29(40)23-24-27(38)36(22(16-37)18(4)7-3)26(30(24)15-19(31)25(23)42-30)28(39)34(13-6-2)17-35-21-12-10-9-11-20(21)32-33-35/h5-6,9-12,18-19,22-26,37H,1-2,7-8,13-17H2,3-4H3/t18-,19?,22-,23-,24-,25-,26?,30?/m0/s1. The molecule has 4 heterocycles. The van der Waals surface area contributed by atoms with Gasteiger partial charge in [0.2, 0.25) is 11.8 Å². The lowest BCUT2D eigenvalue weighted by molar-refractivity contribution is -0.157. The Kier molecular flexibility index (Phi) is 8.86. The third-order valence-electron chi connectivity index (χ3n) is 9.03. The number of esters is 1. The molecule has 5 rings (SSSR count). The minimum absolute atomic E-state index is 0.0615. The van der Waals surface area contributed by atoms with E-state index >= 15 is 0 Å². The molecular weight excluding hydrogens is 606 g/mol. The number of hydrogen-bond donors (Lipinski definition) is 1. The number of hydrogen-bond acceptors (Lipinski definition) is 8. The number of carbonyl (C=O) groups is 3. The van der Waals surface area contributed by atoms with Gasteiger partial charge in [-0.1, -0.05) is 65.7 Å². The summed E-state index contributed by atoms with van der Waals surface area (Å²) in [6.45, 7) is 11.5. The fourth-order valence-electron chi connectivity index (χ4n) is 6.86. The van der Waals surface area contributed by atoms with Gasteiger partial charge in [0.1, 0.15) is 23.8 Å². The summed E-state index contributed by atoms with van der Waals surface area (Å²) in [7, 11) is 0. The Balaban J connectivity index is 1.57. The fourth-order valence-corrected chi connectivity index (χ4v) is 7.80. The van der Waals surface area contributed by atoms with E-state index in [0.29, 0.717) is 24.8 Å². The number of ether oxygens (including phenoxy) is 2. The number of rotatable bonds is 13. The highest BCUT2D eigenvalue weighted by Gasteiger charge is 2.77. The van der Waals surface area contributed by atoms with E-state index in [1.807, 2.05) is 38.1 Å². The first-order valence-corrected chi connectivity index (χ1v) is 15.4. The van der Waals surface area contributed by atoms with Crippen molar-refractivity contribution in [2.45, 2.75) is 68.4 Å². The maximum atomic E-state index is 14.7. The van der Waals surface area contributed by atoms with Crippen LogP contribution in [0, 0.1) is 17.8 Å². The molecule has 3 fully saturated rings. The number of likely N-dealkylation sites (tertiary alicyclic amines) is 1. The number of fused-ring (bicyclic) bond motifs is 2. The first kappa shape index (κ1) is 30.4. The smallest absolute Gasteiger partial charge is 0.312 e. The number of aliphatic hydroxyl groups is 1. The maximum Gasteiger partial charge on any atom is 0.312 e. The summed E-state index contributed by atoms with van der Waals surface area (Å²) in [5, 5.41) is 19.0. The van der Waals surface area contributed by atoms with Gasteiger partial charge in [-0.15, -0.1) is 18.3 Å². The Morgan fingerprint density at radius 2 is 2.10 bits per heavy atom. The summed E-state index contributed by atoms with van der Waals surface area (Å²) in [6, 6.07) is 5.72. The summed E-state index contributed by atoms with van der Waals surface area (Å²) in [5.41, 5.74) is 0.165. The number of aliphatic hydroxyl groups excluding tert-OH is 1. The Morgan fingerprint density at radius 3 is 2.79 bits per heavy atom. The van der Waals surface area contributed by atoms with Gasteiger partial charge in [-0.05, 0) is 30.9 Å². The van der Waals surface area contributed by atoms with E-state index in [0.717, 1.165) is 5.52 Å². The average Bonchev–Trinajstić information content (AvgIpc) is 3.70. The lowest BCUT2D eigenvalue weighted by Gasteiger charge is -2.40. The van der Waals surface area contributed by atoms with Gasteiger partial charge in [-0.2, -0.15) is 0 Å². The normalized spacial score (nSPS) is 29.4. The van der Waals surface area contributed by atoms with Gasteiger partial charge in [-0.3, -0.25) is 14.4 Å². The molecule has 3 aliphatic heterocycles. The quantitative estimate of drug-likeness (QED) is 0.153. The lowest BCUT2D eigenvalue weighted by atomic mass is 9.70. The van der Waals surface area contributed by atoms with Crippen LogP contribution >= 0.6 is 15.9 Å². The van der Waals surface area contributed by atoms with Gasteiger partial charge >= 0.3 is 5.97 Å². The third-order valence-corrected chi connectivity index (χ3v) is 9.88. The Bertz CT molecular complexity index is 1370. The van der Waals surface area contributed by atoms with Crippen LogP contribution in [-0.4, -0.2) is 96.1 Å². The molecule has 42 heavy (non-hydrogen) atoms. The first-order valence-electron chi connectivity index (χ1n) is 14.4. The molecule has 0 radical (unpaired) electrons. The molecule has 226 valence electrons. The molecule has 3 saturated heterocycles. The highest BCUT2D eigenvalue weighted by Crippen LogP contribution is 2.61. The van der Waals surface area contributed by atoms with Gasteiger partial charge < -0.3 is 24.4 Å². The van der Waals surface area contributed by atoms with Gasteiger partial charge in [0.15, 0.2) is 0 Å². The van der Waals surface area contributed by atoms with E-state index in [-0.39, 0.29) is 49.0 Å². The molecule has 2 aromatic rings. The first-order chi connectivity index (χ1) is 20.2. The highest BCUT2D eigenvalue weighted by molar-refractivity contribution is 9.09. The number of halogens is 1. The SMILES string of the molecule is C=CCCOC(=O)[C@H]1[C@H]2C(=O)N([C@@H](CO)[C@@H](C)CC)C(C(=O)N(CC=C)Cn3nnc4ccccc43)C23CC(Br)[C@@H]1O3. The van der Waals surface area contributed by atoms with Crippen molar-refractivity contribution in [2.24, 2.45) is 17.8 Å². The van der Waals surface area contributed by atoms with Crippen LogP contribution in [0.3, 0.4) is 0 Å². The van der Waals surface area contributed by atoms with Crippen LogP contribution in [-0.2, 0) is 30.5 Å². The third kappa shape index (κ3) is 4.87. The number of benzene rings is 1. The lowest BCUT2D eigenvalue weighted by Crippen LogP contribution is -2.60. The second kappa shape index (κ2) is 12.3. The predicted octanol–water partition coefficient (Wildman–Crippen LogP) is 2.68. The number of para-hydroxylation sites is 1. The summed E-state index contributed by atoms with van der Waals surface area (Å²) in [5.74, 6) is -3.19. The molecule has 11 nitrogen and oxygen atoms in total. The van der Waals surface area contributed by atoms with Crippen molar-refractivity contribution >= 4 is 44.7 Å². The zero-order valence-electron chi connectivity index (χ0n) is 24.0. The van der Waals surface area contributed by atoms with E-state index in [4.69, 9.17) is 9.47 Å². The summed E-state index contributed by atoms with van der Waals surface area (Å²) >= 11 is 3.68. The monoisotopic (exact) mass is 643 g/mol. The second-order valence-corrected chi connectivity index (χ2v) is 12.5. The molecular formula is C30H38BrN5O6. The molecule has 0 saturated carbocycles. The van der Waals surface area contributed by atoms with Crippen molar-refractivity contribution in [3.63, 3.8) is 0 Å². The van der Waals surface area contributed by atoms with Crippen LogP contribution in [0.4, 0.5) is 0 Å². The van der Waals surface area contributed by atoms with E-state index in [2.05, 4.69) is 39.4 Å². The van der Waals surface area contributed by atoms with Gasteiger partial charge in [0.25, 0.3) is 0 Å². The minimum atomic E-state index is -1.28. The topological polar surface area (TPSA) is 127 Å². The Morgan fingerprint density at radius 1 is 1.33 bits per heavy atom. The van der Waals surface area contributed by atoms with E-state index in [1.54, 1.807) is 21.7 Å². The zero-order chi connectivity index (χ0) is 30.2. The van der Waals surface area contributed by atoms with Crippen molar-refractivity contribution in [1.82, 2.24) is 24.8 Å². The van der Waals surface area contributed by atoms with Crippen molar-refractivity contribution in [3.05, 3.63) is 49.6 Å². The molecule has 1 aromatic carbocycles. The van der Waals surface area contributed by atoms with Crippen LogP contribution in [0.2, 0.25) is 0 Å². The molecule has 12 heteroatoms. The molecule has 8 atom stereocenters. The number of amides is 2. The molecule has 3 unspecified atom stereocenters. The molecule has 3 aliphatic rings. The predicted molar refractivity (Wildman–Crippen MR) is 158 cm³/mol. The van der Waals surface area contributed by atoms with Crippen LogP contribution in [0.15, 0.2) is 49.6 Å². The molecule has 2 amide bonds. The molecule has 1 spiro atoms. The van der Waals surface area contributed by atoms with Crippen molar-refractivity contribution in [2.75, 3.05) is 19.8 Å². The Hall–Kier alpha value is -3.09. The number of carbonyl (C=O) groups excluding carboxylic acids is 3. The number of aromatic nitrogens is 3. The Labute approximate surface area is 253 Å². The second-order valence-electron chi connectivity index (χ2n) is 11.4. The van der Waals surface area contributed by atoms with Gasteiger partial charge in [0, 0.05) is 11.4 Å². The van der Waals surface area contributed by atoms with Crippen molar-refractivity contribution in [3.8, 4) is 0 Å². The van der Waals surface area contributed by atoms with Gasteiger partial charge in [-0.25, -0.2) is 4.68 Å². The minimum Gasteiger partial charge on any atom is -0.465 e. The largest absolute Gasteiger partial charge is 0.465 e. The summed E-state index contributed by atoms with van der Waals surface area (Å²) in [6.07, 6.45) is 4.15. The van der Waals surface area contributed by atoms with E-state index in [9.17, 15) is 19.5 Å².